The predicted octanol–water partition coefficient (Wildman–Crippen LogP) is 1.55. The molecular weight excluding hydrogens is 260 g/mol. The Hall–Kier alpha value is -2.46. The predicted molar refractivity (Wildman–Crippen MR) is 72.1 cm³/mol. The van der Waals surface area contributed by atoms with E-state index in [1.165, 1.54) is 12.1 Å². The van der Waals surface area contributed by atoms with Crippen LogP contribution in [0, 0.1) is 21.4 Å². The van der Waals surface area contributed by atoms with E-state index in [1.54, 1.807) is 0 Å². The Morgan fingerprint density at radius 1 is 1.50 bits per heavy atom. The van der Waals surface area contributed by atoms with E-state index in [2.05, 4.69) is 10.6 Å². The number of carbonyl (C=O) groups is 1. The van der Waals surface area contributed by atoms with Gasteiger partial charge in [0.2, 0.25) is 5.91 Å². The van der Waals surface area contributed by atoms with Crippen molar-refractivity contribution in [2.45, 2.75) is 25.3 Å². The fourth-order valence-electron chi connectivity index (χ4n) is 2.14. The van der Waals surface area contributed by atoms with Gasteiger partial charge in [-0.2, -0.15) is 5.26 Å². The van der Waals surface area contributed by atoms with Crippen LogP contribution in [0.4, 0.5) is 11.4 Å². The molecular formula is C13H14N4O3. The van der Waals surface area contributed by atoms with E-state index in [0.717, 1.165) is 31.9 Å². The summed E-state index contributed by atoms with van der Waals surface area (Å²) in [5.74, 6) is -0.213. The van der Waals surface area contributed by atoms with Crippen LogP contribution in [0.5, 0.6) is 0 Å². The molecule has 0 aromatic heterocycles. The number of amides is 1. The maximum atomic E-state index is 12.0. The van der Waals surface area contributed by atoms with Crippen LogP contribution >= 0.6 is 0 Å². The molecule has 1 heterocycles. The van der Waals surface area contributed by atoms with Gasteiger partial charge < -0.3 is 10.6 Å². The second-order valence-electron chi connectivity index (χ2n) is 4.59. The Morgan fingerprint density at radius 2 is 2.30 bits per heavy atom. The van der Waals surface area contributed by atoms with Crippen molar-refractivity contribution < 1.29 is 9.72 Å². The number of hydrogen-bond acceptors (Lipinski definition) is 5. The summed E-state index contributed by atoms with van der Waals surface area (Å²) in [7, 11) is 0. The highest BCUT2D eigenvalue weighted by Crippen LogP contribution is 2.22. The SMILES string of the molecule is N#Cc1cc([N+](=O)[O-])ccc1NC(=O)C1CCCCN1. The smallest absolute Gasteiger partial charge is 0.270 e. The zero-order chi connectivity index (χ0) is 14.5. The number of hydrogen-bond donors (Lipinski definition) is 2. The number of nitrogens with zero attached hydrogens (tertiary/aromatic N) is 2. The van der Waals surface area contributed by atoms with Crippen LogP contribution in [0.25, 0.3) is 0 Å². The lowest BCUT2D eigenvalue weighted by Crippen LogP contribution is -2.43. The van der Waals surface area contributed by atoms with Gasteiger partial charge in [0.05, 0.1) is 22.2 Å². The second-order valence-corrected chi connectivity index (χ2v) is 4.59. The van der Waals surface area contributed by atoms with Gasteiger partial charge in [-0.3, -0.25) is 14.9 Å². The number of nitro groups is 1. The highest BCUT2D eigenvalue weighted by molar-refractivity contribution is 5.96. The number of nitro benzene ring substituents is 1. The number of rotatable bonds is 3. The minimum Gasteiger partial charge on any atom is -0.324 e. The Kier molecular flexibility index (Phi) is 4.27. The van der Waals surface area contributed by atoms with Gasteiger partial charge in [-0.05, 0) is 25.5 Å². The van der Waals surface area contributed by atoms with Crippen molar-refractivity contribution in [3.05, 3.63) is 33.9 Å². The molecule has 104 valence electrons. The van der Waals surface area contributed by atoms with Crippen molar-refractivity contribution in [3.8, 4) is 6.07 Å². The van der Waals surface area contributed by atoms with Crippen molar-refractivity contribution in [2.24, 2.45) is 0 Å². The Morgan fingerprint density at radius 3 is 2.90 bits per heavy atom. The maximum absolute atomic E-state index is 12.0. The van der Waals surface area contributed by atoms with E-state index in [4.69, 9.17) is 5.26 Å². The van der Waals surface area contributed by atoms with E-state index >= 15 is 0 Å². The van der Waals surface area contributed by atoms with Crippen molar-refractivity contribution in [3.63, 3.8) is 0 Å². The number of nitrogens with one attached hydrogen (secondary N) is 2. The molecule has 1 aromatic rings. The third-order valence-electron chi connectivity index (χ3n) is 3.22. The molecule has 1 aliphatic rings. The fourth-order valence-corrected chi connectivity index (χ4v) is 2.14. The molecule has 2 N–H and O–H groups in total. The Bertz CT molecular complexity index is 573. The lowest BCUT2D eigenvalue weighted by Gasteiger charge is -2.22. The molecule has 1 fully saturated rings. The molecule has 1 saturated heterocycles. The number of benzene rings is 1. The number of nitriles is 1. The van der Waals surface area contributed by atoms with Crippen LogP contribution in [-0.2, 0) is 4.79 Å². The van der Waals surface area contributed by atoms with Crippen molar-refractivity contribution in [1.29, 1.82) is 5.26 Å². The van der Waals surface area contributed by atoms with Crippen LogP contribution < -0.4 is 10.6 Å². The van der Waals surface area contributed by atoms with Gasteiger partial charge in [0, 0.05) is 12.1 Å². The third-order valence-corrected chi connectivity index (χ3v) is 3.22. The van der Waals surface area contributed by atoms with Gasteiger partial charge in [-0.1, -0.05) is 6.42 Å². The molecule has 1 aromatic carbocycles. The normalized spacial score (nSPS) is 18.1. The van der Waals surface area contributed by atoms with Gasteiger partial charge in [-0.25, -0.2) is 0 Å². The zero-order valence-electron chi connectivity index (χ0n) is 10.8. The summed E-state index contributed by atoms with van der Waals surface area (Å²) in [6.45, 7) is 0.795. The summed E-state index contributed by atoms with van der Waals surface area (Å²) < 4.78 is 0. The Labute approximate surface area is 115 Å². The molecule has 1 unspecified atom stereocenters. The van der Waals surface area contributed by atoms with Gasteiger partial charge >= 0.3 is 0 Å². The second kappa shape index (κ2) is 6.12. The van der Waals surface area contributed by atoms with Crippen LogP contribution in [0.3, 0.4) is 0 Å². The Balaban J connectivity index is 2.14. The van der Waals surface area contributed by atoms with Crippen LogP contribution in [0.1, 0.15) is 24.8 Å². The van der Waals surface area contributed by atoms with Crippen LogP contribution in [0.2, 0.25) is 0 Å². The van der Waals surface area contributed by atoms with Gasteiger partial charge in [0.25, 0.3) is 5.69 Å². The minimum atomic E-state index is -0.574. The number of piperidine rings is 1. The highest BCUT2D eigenvalue weighted by Gasteiger charge is 2.21. The molecule has 7 nitrogen and oxygen atoms in total. The lowest BCUT2D eigenvalue weighted by molar-refractivity contribution is -0.384. The number of carbonyl (C=O) groups excluding carboxylic acids is 1. The van der Waals surface area contributed by atoms with Gasteiger partial charge in [-0.15, -0.1) is 0 Å². The van der Waals surface area contributed by atoms with Crippen molar-refractivity contribution in [2.75, 3.05) is 11.9 Å². The summed E-state index contributed by atoms with van der Waals surface area (Å²) >= 11 is 0. The molecule has 0 spiro atoms. The molecule has 1 amide bonds. The molecule has 0 aliphatic carbocycles. The first kappa shape index (κ1) is 14.0. The first-order valence-corrected chi connectivity index (χ1v) is 6.34. The molecule has 0 saturated carbocycles. The number of anilines is 1. The molecule has 0 bridgehead atoms. The van der Waals surface area contributed by atoms with Gasteiger partial charge in [0.15, 0.2) is 0 Å². The molecule has 1 atom stereocenters. The summed E-state index contributed by atoms with van der Waals surface area (Å²) in [5, 5.41) is 25.4. The first-order valence-electron chi connectivity index (χ1n) is 6.34. The monoisotopic (exact) mass is 274 g/mol. The standard InChI is InChI=1S/C13H14N4O3/c14-8-9-7-10(17(19)20)4-5-11(9)16-13(18)12-3-1-2-6-15-12/h4-5,7,12,15H,1-3,6H2,(H,16,18). The lowest BCUT2D eigenvalue weighted by atomic mass is 10.0. The van der Waals surface area contributed by atoms with Crippen molar-refractivity contribution >= 4 is 17.3 Å². The van der Waals surface area contributed by atoms with E-state index < -0.39 is 4.92 Å². The summed E-state index contributed by atoms with van der Waals surface area (Å²) in [6.07, 6.45) is 2.78. The zero-order valence-corrected chi connectivity index (χ0v) is 10.8. The third kappa shape index (κ3) is 3.10. The summed E-state index contributed by atoms with van der Waals surface area (Å²) in [4.78, 5) is 22.1. The largest absolute Gasteiger partial charge is 0.324 e. The molecule has 20 heavy (non-hydrogen) atoms. The summed E-state index contributed by atoms with van der Waals surface area (Å²) in [5.41, 5.74) is 0.217. The van der Waals surface area contributed by atoms with Gasteiger partial charge in [0.1, 0.15) is 6.07 Å². The molecule has 7 heteroatoms. The number of non-ortho nitro benzene ring substituents is 1. The average molecular weight is 274 g/mol. The van der Waals surface area contributed by atoms with E-state index in [1.807, 2.05) is 6.07 Å². The first-order chi connectivity index (χ1) is 9.61. The highest BCUT2D eigenvalue weighted by atomic mass is 16.6. The van der Waals surface area contributed by atoms with E-state index in [9.17, 15) is 14.9 Å². The summed E-state index contributed by atoms with van der Waals surface area (Å²) in [6, 6.07) is 5.40. The topological polar surface area (TPSA) is 108 Å². The quantitative estimate of drug-likeness (QED) is 0.642. The van der Waals surface area contributed by atoms with E-state index in [0.29, 0.717) is 5.69 Å². The molecule has 0 radical (unpaired) electrons. The van der Waals surface area contributed by atoms with Crippen molar-refractivity contribution in [1.82, 2.24) is 5.32 Å². The minimum absolute atomic E-state index is 0.0864. The fraction of sp³-hybridized carbons (Fsp3) is 0.385. The van der Waals surface area contributed by atoms with Crippen LogP contribution in [-0.4, -0.2) is 23.4 Å². The average Bonchev–Trinajstić information content (AvgIpc) is 2.48. The molecule has 2 rings (SSSR count). The van der Waals surface area contributed by atoms with Crippen LogP contribution in [0.15, 0.2) is 18.2 Å². The maximum Gasteiger partial charge on any atom is 0.270 e. The van der Waals surface area contributed by atoms with E-state index in [-0.39, 0.29) is 23.2 Å². The molecule has 1 aliphatic heterocycles.